The van der Waals surface area contributed by atoms with Gasteiger partial charge in [-0.25, -0.2) is 0 Å². The van der Waals surface area contributed by atoms with Crippen LogP contribution in [0.4, 0.5) is 0 Å². The lowest BCUT2D eigenvalue weighted by Crippen LogP contribution is -2.03. The average Bonchev–Trinajstić information content (AvgIpc) is 2.03. The summed E-state index contributed by atoms with van der Waals surface area (Å²) in [6.07, 6.45) is 2.44. The van der Waals surface area contributed by atoms with Gasteiger partial charge in [0.1, 0.15) is 6.20 Å². The van der Waals surface area contributed by atoms with E-state index in [1.54, 1.807) is 0 Å². The summed E-state index contributed by atoms with van der Waals surface area (Å²) in [7, 11) is 0. The fraction of sp³-hybridized carbons (Fsp3) is 0.625. The average molecular weight is 202 g/mol. The minimum atomic E-state index is 0.113. The number of hydrogen-bond donors (Lipinski definition) is 0. The Balaban J connectivity index is 2.37. The second-order valence-electron chi connectivity index (χ2n) is 3.09. The molecule has 0 unspecified atom stereocenters. The molecule has 0 bridgehead atoms. The first-order chi connectivity index (χ1) is 6.18. The van der Waals surface area contributed by atoms with Crippen molar-refractivity contribution in [1.29, 1.82) is 0 Å². The van der Waals surface area contributed by atoms with Gasteiger partial charge in [-0.15, -0.1) is 5.10 Å². The van der Waals surface area contributed by atoms with Crippen LogP contribution in [0.2, 0.25) is 5.28 Å². The minimum Gasteiger partial charge on any atom is -0.476 e. The maximum absolute atomic E-state index is 5.52. The molecular weight excluding hydrogens is 190 g/mol. The molecule has 13 heavy (non-hydrogen) atoms. The van der Waals surface area contributed by atoms with Gasteiger partial charge in [0, 0.05) is 0 Å². The lowest BCUT2D eigenvalue weighted by atomic mass is 10.1. The van der Waals surface area contributed by atoms with E-state index in [2.05, 4.69) is 29.0 Å². The van der Waals surface area contributed by atoms with E-state index in [-0.39, 0.29) is 5.28 Å². The zero-order chi connectivity index (χ0) is 9.68. The van der Waals surface area contributed by atoms with Gasteiger partial charge in [0.15, 0.2) is 0 Å². The zero-order valence-electron chi connectivity index (χ0n) is 7.70. The Bertz CT molecular complexity index is 267. The van der Waals surface area contributed by atoms with Crippen molar-refractivity contribution in [1.82, 2.24) is 15.2 Å². The standard InChI is InChI=1S/C8H12ClN3O/c1-6(2)3-4-13-7-5-10-12-8(9)11-7/h5-6H,3-4H2,1-2H3. The van der Waals surface area contributed by atoms with Gasteiger partial charge < -0.3 is 4.74 Å². The molecule has 0 aliphatic carbocycles. The Morgan fingerprint density at radius 3 is 2.92 bits per heavy atom. The molecule has 0 spiro atoms. The van der Waals surface area contributed by atoms with Crippen LogP contribution in [-0.2, 0) is 0 Å². The van der Waals surface area contributed by atoms with Gasteiger partial charge in [0.25, 0.3) is 0 Å². The summed E-state index contributed by atoms with van der Waals surface area (Å²) >= 11 is 5.52. The highest BCUT2D eigenvalue weighted by atomic mass is 35.5. The highest BCUT2D eigenvalue weighted by Gasteiger charge is 1.99. The quantitative estimate of drug-likeness (QED) is 0.747. The van der Waals surface area contributed by atoms with Crippen molar-refractivity contribution in [2.24, 2.45) is 5.92 Å². The summed E-state index contributed by atoms with van der Waals surface area (Å²) in [5, 5.41) is 7.23. The molecule has 0 atom stereocenters. The van der Waals surface area contributed by atoms with Gasteiger partial charge in [0.2, 0.25) is 11.2 Å². The molecule has 5 heteroatoms. The summed E-state index contributed by atoms with van der Waals surface area (Å²) in [4.78, 5) is 3.84. The van der Waals surface area contributed by atoms with Gasteiger partial charge in [-0.3, -0.25) is 0 Å². The van der Waals surface area contributed by atoms with Crippen molar-refractivity contribution >= 4 is 11.6 Å². The molecular formula is C8H12ClN3O. The third-order valence-corrected chi connectivity index (χ3v) is 1.62. The summed E-state index contributed by atoms with van der Waals surface area (Å²) in [5.41, 5.74) is 0. The molecule has 0 aromatic carbocycles. The number of hydrogen-bond acceptors (Lipinski definition) is 4. The van der Waals surface area contributed by atoms with E-state index >= 15 is 0 Å². The molecule has 1 heterocycles. The van der Waals surface area contributed by atoms with Crippen LogP contribution < -0.4 is 4.74 Å². The lowest BCUT2D eigenvalue weighted by molar-refractivity contribution is 0.277. The van der Waals surface area contributed by atoms with Crippen LogP contribution in [0, 0.1) is 5.92 Å². The molecule has 0 radical (unpaired) electrons. The Labute approximate surface area is 82.3 Å². The zero-order valence-corrected chi connectivity index (χ0v) is 8.45. The number of aromatic nitrogens is 3. The first-order valence-corrected chi connectivity index (χ1v) is 4.54. The number of nitrogens with zero attached hydrogens (tertiary/aromatic N) is 3. The molecule has 0 N–H and O–H groups in total. The van der Waals surface area contributed by atoms with Gasteiger partial charge in [0.05, 0.1) is 6.61 Å². The van der Waals surface area contributed by atoms with Crippen LogP contribution in [0.15, 0.2) is 6.20 Å². The van der Waals surface area contributed by atoms with Gasteiger partial charge in [-0.05, 0) is 23.9 Å². The molecule has 0 saturated carbocycles. The maximum Gasteiger partial charge on any atom is 0.246 e. The fourth-order valence-electron chi connectivity index (χ4n) is 0.737. The number of ether oxygens (including phenoxy) is 1. The smallest absolute Gasteiger partial charge is 0.246 e. The van der Waals surface area contributed by atoms with E-state index in [9.17, 15) is 0 Å². The van der Waals surface area contributed by atoms with Gasteiger partial charge in [-0.2, -0.15) is 10.1 Å². The molecule has 1 aromatic heterocycles. The normalized spacial score (nSPS) is 10.5. The van der Waals surface area contributed by atoms with E-state index in [4.69, 9.17) is 16.3 Å². The highest BCUT2D eigenvalue weighted by Crippen LogP contribution is 2.08. The third-order valence-electron chi connectivity index (χ3n) is 1.46. The minimum absolute atomic E-state index is 0.113. The first kappa shape index (κ1) is 10.2. The van der Waals surface area contributed by atoms with E-state index in [1.807, 2.05) is 0 Å². The highest BCUT2D eigenvalue weighted by molar-refractivity contribution is 6.28. The van der Waals surface area contributed by atoms with E-state index in [0.29, 0.717) is 18.4 Å². The third kappa shape index (κ3) is 4.03. The molecule has 4 nitrogen and oxygen atoms in total. The number of halogens is 1. The SMILES string of the molecule is CC(C)CCOc1cnnc(Cl)n1. The predicted octanol–water partition coefficient (Wildman–Crippen LogP) is 1.95. The van der Waals surface area contributed by atoms with Crippen molar-refractivity contribution in [3.8, 4) is 5.88 Å². The lowest BCUT2D eigenvalue weighted by Gasteiger charge is -2.05. The number of rotatable bonds is 4. The molecule has 0 fully saturated rings. The van der Waals surface area contributed by atoms with Gasteiger partial charge >= 0.3 is 0 Å². The van der Waals surface area contributed by atoms with Crippen LogP contribution in [-0.4, -0.2) is 21.8 Å². The van der Waals surface area contributed by atoms with E-state index in [1.165, 1.54) is 6.20 Å². The molecule has 0 amide bonds. The van der Waals surface area contributed by atoms with Crippen LogP contribution in [0.5, 0.6) is 5.88 Å². The molecule has 1 aromatic rings. The van der Waals surface area contributed by atoms with Crippen molar-refractivity contribution in [2.45, 2.75) is 20.3 Å². The molecule has 0 aliphatic heterocycles. The summed E-state index contributed by atoms with van der Waals surface area (Å²) < 4.78 is 5.30. The molecule has 72 valence electrons. The van der Waals surface area contributed by atoms with Crippen LogP contribution in [0.3, 0.4) is 0 Å². The Morgan fingerprint density at radius 2 is 2.31 bits per heavy atom. The van der Waals surface area contributed by atoms with Crippen molar-refractivity contribution in [2.75, 3.05) is 6.61 Å². The second-order valence-corrected chi connectivity index (χ2v) is 3.43. The van der Waals surface area contributed by atoms with Crippen LogP contribution >= 0.6 is 11.6 Å². The van der Waals surface area contributed by atoms with Crippen molar-refractivity contribution < 1.29 is 4.74 Å². The molecule has 0 saturated heterocycles. The Kier molecular flexibility index (Phi) is 3.89. The second kappa shape index (κ2) is 4.97. The van der Waals surface area contributed by atoms with E-state index in [0.717, 1.165) is 6.42 Å². The Hall–Kier alpha value is -0.900. The maximum atomic E-state index is 5.52. The summed E-state index contributed by atoms with van der Waals surface area (Å²) in [6, 6.07) is 0. The predicted molar refractivity (Wildman–Crippen MR) is 49.8 cm³/mol. The first-order valence-electron chi connectivity index (χ1n) is 4.16. The monoisotopic (exact) mass is 201 g/mol. The van der Waals surface area contributed by atoms with Crippen LogP contribution in [0.25, 0.3) is 0 Å². The van der Waals surface area contributed by atoms with E-state index < -0.39 is 0 Å². The van der Waals surface area contributed by atoms with Crippen LogP contribution in [0.1, 0.15) is 20.3 Å². The van der Waals surface area contributed by atoms with Gasteiger partial charge in [-0.1, -0.05) is 13.8 Å². The molecule has 1 rings (SSSR count). The van der Waals surface area contributed by atoms with Crippen molar-refractivity contribution in [3.05, 3.63) is 11.5 Å². The largest absolute Gasteiger partial charge is 0.476 e. The van der Waals surface area contributed by atoms with Crippen molar-refractivity contribution in [3.63, 3.8) is 0 Å². The Morgan fingerprint density at radius 1 is 1.54 bits per heavy atom. The summed E-state index contributed by atoms with van der Waals surface area (Å²) in [6.45, 7) is 4.90. The molecule has 0 aliphatic rings. The fourth-order valence-corrected chi connectivity index (χ4v) is 0.864. The summed E-state index contributed by atoms with van der Waals surface area (Å²) in [5.74, 6) is 1.05. The topological polar surface area (TPSA) is 47.9 Å².